The van der Waals surface area contributed by atoms with Crippen LogP contribution in [0.15, 0.2) is 84.5 Å². The van der Waals surface area contributed by atoms with Gasteiger partial charge in [0.15, 0.2) is 0 Å². The second-order valence-corrected chi connectivity index (χ2v) is 8.34. The molecular formula is C25H19FN4O2S. The zero-order valence-corrected chi connectivity index (χ0v) is 18.3. The van der Waals surface area contributed by atoms with Crippen LogP contribution in [-0.2, 0) is 13.2 Å². The van der Waals surface area contributed by atoms with E-state index in [4.69, 9.17) is 4.74 Å². The van der Waals surface area contributed by atoms with E-state index in [1.54, 1.807) is 24.3 Å². The predicted molar refractivity (Wildman–Crippen MR) is 126 cm³/mol. The normalized spacial score (nSPS) is 10.9. The topological polar surface area (TPSA) is 69.0 Å². The number of carbonyl (C=O) groups excluding carboxylic acids is 1. The minimum atomic E-state index is -0.310. The molecule has 5 rings (SSSR count). The van der Waals surface area contributed by atoms with Gasteiger partial charge in [-0.3, -0.25) is 10.1 Å². The lowest BCUT2D eigenvalue weighted by molar-refractivity contribution is 0.102. The summed E-state index contributed by atoms with van der Waals surface area (Å²) < 4.78 is 21.2. The zero-order valence-electron chi connectivity index (χ0n) is 17.4. The van der Waals surface area contributed by atoms with Crippen molar-refractivity contribution in [2.45, 2.75) is 13.2 Å². The molecule has 1 N–H and O–H groups in total. The average molecular weight is 459 g/mol. The van der Waals surface area contributed by atoms with Crippen LogP contribution in [0.4, 0.5) is 10.3 Å². The summed E-state index contributed by atoms with van der Waals surface area (Å²) in [7, 11) is 0. The zero-order chi connectivity index (χ0) is 22.6. The second kappa shape index (κ2) is 9.22. The fourth-order valence-electron chi connectivity index (χ4n) is 3.39. The average Bonchev–Trinajstić information content (AvgIpc) is 3.49. The highest BCUT2D eigenvalue weighted by Crippen LogP contribution is 2.23. The summed E-state index contributed by atoms with van der Waals surface area (Å²) in [4.78, 5) is 17.2. The summed E-state index contributed by atoms with van der Waals surface area (Å²) >= 11 is 1.32. The van der Waals surface area contributed by atoms with Crippen LogP contribution in [-0.4, -0.2) is 20.7 Å². The maximum Gasteiger partial charge on any atom is 0.268 e. The van der Waals surface area contributed by atoms with Crippen molar-refractivity contribution in [2.24, 2.45) is 0 Å². The van der Waals surface area contributed by atoms with Gasteiger partial charge in [0.25, 0.3) is 5.91 Å². The molecule has 0 aliphatic rings. The van der Waals surface area contributed by atoms with E-state index in [1.807, 2.05) is 41.8 Å². The minimum Gasteiger partial charge on any atom is -0.489 e. The molecule has 2 aromatic heterocycles. The fourth-order valence-corrected chi connectivity index (χ4v) is 4.18. The molecule has 0 saturated carbocycles. The van der Waals surface area contributed by atoms with Crippen molar-refractivity contribution < 1.29 is 13.9 Å². The van der Waals surface area contributed by atoms with Gasteiger partial charge >= 0.3 is 0 Å². The van der Waals surface area contributed by atoms with Crippen LogP contribution in [0.1, 0.15) is 20.8 Å². The monoisotopic (exact) mass is 458 g/mol. The quantitative estimate of drug-likeness (QED) is 0.349. The number of anilines is 1. The Morgan fingerprint density at radius 3 is 2.73 bits per heavy atom. The number of rotatable bonds is 7. The van der Waals surface area contributed by atoms with Crippen molar-refractivity contribution in [3.05, 3.63) is 106 Å². The molecule has 0 atom stereocenters. The maximum atomic E-state index is 13.8. The number of hydrogen-bond acceptors (Lipinski definition) is 5. The second-order valence-electron chi connectivity index (χ2n) is 7.43. The van der Waals surface area contributed by atoms with E-state index in [0.29, 0.717) is 17.0 Å². The molecule has 33 heavy (non-hydrogen) atoms. The first-order chi connectivity index (χ1) is 16.1. The number of nitrogens with one attached hydrogen (secondary N) is 1. The summed E-state index contributed by atoms with van der Waals surface area (Å²) in [5, 5.41) is 11.0. The molecule has 164 valence electrons. The third-order valence-corrected chi connectivity index (χ3v) is 6.03. The van der Waals surface area contributed by atoms with Crippen LogP contribution in [0.2, 0.25) is 0 Å². The number of benzene rings is 3. The standard InChI is InChI=1S/C25H19FN4O2S/c26-22-8-4-3-7-20(22)13-30-16-27-25(29-30)28-24(31)23-11-17(15-33-23)14-32-21-10-9-18-5-1-2-6-19(18)12-21/h1-12,15-16H,13-14H2,(H,28,29,31). The lowest BCUT2D eigenvalue weighted by Crippen LogP contribution is -2.12. The lowest BCUT2D eigenvalue weighted by atomic mass is 10.1. The molecule has 6 nitrogen and oxygen atoms in total. The van der Waals surface area contributed by atoms with E-state index in [9.17, 15) is 9.18 Å². The molecule has 5 aromatic rings. The predicted octanol–water partition coefficient (Wildman–Crippen LogP) is 5.51. The van der Waals surface area contributed by atoms with Gasteiger partial charge in [-0.15, -0.1) is 16.4 Å². The van der Waals surface area contributed by atoms with Crippen LogP contribution in [0.3, 0.4) is 0 Å². The summed E-state index contributed by atoms with van der Waals surface area (Å²) in [6, 6.07) is 22.3. The molecule has 0 unspecified atom stereocenters. The van der Waals surface area contributed by atoms with Crippen molar-refractivity contribution >= 4 is 34.0 Å². The largest absolute Gasteiger partial charge is 0.489 e. The number of aromatic nitrogens is 3. The molecule has 0 aliphatic heterocycles. The Labute approximate surface area is 193 Å². The molecule has 0 bridgehead atoms. The SMILES string of the molecule is O=C(Nc1ncn(Cc2ccccc2F)n1)c1cc(COc2ccc3ccccc3c2)cs1. The Bertz CT molecular complexity index is 1430. The van der Waals surface area contributed by atoms with Gasteiger partial charge in [0.2, 0.25) is 5.95 Å². The number of halogens is 1. The Morgan fingerprint density at radius 2 is 1.85 bits per heavy atom. The number of amides is 1. The molecule has 0 fully saturated rings. The van der Waals surface area contributed by atoms with Crippen molar-refractivity contribution in [3.8, 4) is 5.75 Å². The van der Waals surface area contributed by atoms with Gasteiger partial charge in [-0.1, -0.05) is 48.5 Å². The number of fused-ring (bicyclic) bond motifs is 1. The fraction of sp³-hybridized carbons (Fsp3) is 0.0800. The summed E-state index contributed by atoms with van der Waals surface area (Å²) in [6.45, 7) is 0.586. The van der Waals surface area contributed by atoms with E-state index in [0.717, 1.165) is 22.1 Å². The van der Waals surface area contributed by atoms with E-state index in [2.05, 4.69) is 21.5 Å². The first-order valence-electron chi connectivity index (χ1n) is 10.3. The van der Waals surface area contributed by atoms with Crippen molar-refractivity contribution in [1.29, 1.82) is 0 Å². The Kier molecular flexibility index (Phi) is 5.82. The molecule has 2 heterocycles. The number of nitrogens with zero attached hydrogens (tertiary/aromatic N) is 3. The summed E-state index contributed by atoms with van der Waals surface area (Å²) in [6.07, 6.45) is 1.46. The van der Waals surface area contributed by atoms with E-state index in [1.165, 1.54) is 28.4 Å². The molecule has 0 radical (unpaired) electrons. The third-order valence-electron chi connectivity index (χ3n) is 5.06. The van der Waals surface area contributed by atoms with E-state index >= 15 is 0 Å². The van der Waals surface area contributed by atoms with Gasteiger partial charge in [0, 0.05) is 11.1 Å². The van der Waals surface area contributed by atoms with Gasteiger partial charge < -0.3 is 4.74 Å². The lowest BCUT2D eigenvalue weighted by Gasteiger charge is -2.06. The molecule has 3 aromatic carbocycles. The van der Waals surface area contributed by atoms with Gasteiger partial charge in [-0.2, -0.15) is 0 Å². The number of thiophene rings is 1. The van der Waals surface area contributed by atoms with Gasteiger partial charge in [0.05, 0.1) is 11.4 Å². The molecule has 0 aliphatic carbocycles. The number of hydrogen-bond donors (Lipinski definition) is 1. The smallest absolute Gasteiger partial charge is 0.268 e. The van der Waals surface area contributed by atoms with Crippen LogP contribution in [0.5, 0.6) is 5.75 Å². The first kappa shape index (κ1) is 20.8. The van der Waals surface area contributed by atoms with Gasteiger partial charge in [-0.05, 0) is 40.4 Å². The molecule has 0 saturated heterocycles. The highest BCUT2D eigenvalue weighted by atomic mass is 32.1. The number of carbonyl (C=O) groups is 1. The molecule has 8 heteroatoms. The van der Waals surface area contributed by atoms with Crippen molar-refractivity contribution in [2.75, 3.05) is 5.32 Å². The third kappa shape index (κ3) is 4.91. The molecule has 1 amide bonds. The van der Waals surface area contributed by atoms with Crippen LogP contribution >= 0.6 is 11.3 Å². The Balaban J connectivity index is 1.19. The van der Waals surface area contributed by atoms with Crippen molar-refractivity contribution in [1.82, 2.24) is 14.8 Å². The molecular weight excluding hydrogens is 439 g/mol. The Morgan fingerprint density at radius 1 is 1.03 bits per heavy atom. The maximum absolute atomic E-state index is 13.8. The highest BCUT2D eigenvalue weighted by Gasteiger charge is 2.13. The number of ether oxygens (including phenoxy) is 1. The van der Waals surface area contributed by atoms with Crippen LogP contribution in [0.25, 0.3) is 10.8 Å². The van der Waals surface area contributed by atoms with Crippen LogP contribution in [0, 0.1) is 5.82 Å². The Hall–Kier alpha value is -4.04. The van der Waals surface area contributed by atoms with Crippen LogP contribution < -0.4 is 10.1 Å². The molecule has 0 spiro atoms. The van der Waals surface area contributed by atoms with E-state index in [-0.39, 0.29) is 24.2 Å². The summed E-state index contributed by atoms with van der Waals surface area (Å²) in [5.74, 6) is 0.324. The minimum absolute atomic E-state index is 0.165. The first-order valence-corrected chi connectivity index (χ1v) is 11.2. The highest BCUT2D eigenvalue weighted by molar-refractivity contribution is 7.12. The van der Waals surface area contributed by atoms with Gasteiger partial charge in [0.1, 0.15) is 24.5 Å². The van der Waals surface area contributed by atoms with E-state index < -0.39 is 0 Å². The van der Waals surface area contributed by atoms with Crippen molar-refractivity contribution in [3.63, 3.8) is 0 Å². The summed E-state index contributed by atoms with van der Waals surface area (Å²) in [5.41, 5.74) is 1.39. The van der Waals surface area contributed by atoms with Gasteiger partial charge in [-0.25, -0.2) is 14.1 Å².